The van der Waals surface area contributed by atoms with E-state index in [0.717, 1.165) is 0 Å². The number of nitrogen functional groups attached to an aromatic ring is 1. The predicted molar refractivity (Wildman–Crippen MR) is 54.3 cm³/mol. The van der Waals surface area contributed by atoms with Crippen molar-refractivity contribution in [1.82, 2.24) is 15.1 Å². The summed E-state index contributed by atoms with van der Waals surface area (Å²) in [6.45, 7) is 3.01. The molecular weight excluding hydrogens is 196 g/mol. The van der Waals surface area contributed by atoms with Crippen LogP contribution in [0.4, 0.5) is 5.69 Å². The summed E-state index contributed by atoms with van der Waals surface area (Å²) in [6.07, 6.45) is 1.47. The molecule has 2 rings (SSSR count). The second kappa shape index (κ2) is 3.23. The third kappa shape index (κ3) is 1.68. The molecule has 6 nitrogen and oxygen atoms in total. The van der Waals surface area contributed by atoms with Gasteiger partial charge in [0.05, 0.1) is 30.6 Å². The Morgan fingerprint density at radius 2 is 2.40 bits per heavy atom. The van der Waals surface area contributed by atoms with Crippen LogP contribution in [0.25, 0.3) is 0 Å². The summed E-state index contributed by atoms with van der Waals surface area (Å²) in [4.78, 5) is 11.8. The van der Waals surface area contributed by atoms with Crippen LogP contribution < -0.4 is 11.1 Å². The molecule has 1 aromatic rings. The molecule has 0 atom stereocenters. The Balaban J connectivity index is 2.14. The molecule has 0 unspecified atom stereocenters. The number of aryl methyl sites for hydroxylation is 1. The highest BCUT2D eigenvalue weighted by molar-refractivity contribution is 5.97. The number of ether oxygens (including phenoxy) is 1. The van der Waals surface area contributed by atoms with Gasteiger partial charge in [-0.25, -0.2) is 0 Å². The van der Waals surface area contributed by atoms with Gasteiger partial charge in [-0.2, -0.15) is 5.10 Å². The number of nitrogens with zero attached hydrogens (tertiary/aromatic N) is 2. The van der Waals surface area contributed by atoms with Crippen molar-refractivity contribution in [2.45, 2.75) is 12.5 Å². The van der Waals surface area contributed by atoms with Gasteiger partial charge in [0, 0.05) is 7.05 Å². The minimum Gasteiger partial charge on any atom is -0.396 e. The van der Waals surface area contributed by atoms with Crippen molar-refractivity contribution >= 4 is 11.6 Å². The highest BCUT2D eigenvalue weighted by Crippen LogP contribution is 2.17. The summed E-state index contributed by atoms with van der Waals surface area (Å²) in [7, 11) is 1.69. The van der Waals surface area contributed by atoms with E-state index in [0.29, 0.717) is 24.6 Å². The van der Waals surface area contributed by atoms with E-state index < -0.39 is 0 Å². The second-order valence-electron chi connectivity index (χ2n) is 4.08. The number of amides is 1. The lowest BCUT2D eigenvalue weighted by Gasteiger charge is -2.38. The number of anilines is 1. The van der Waals surface area contributed by atoms with Crippen molar-refractivity contribution < 1.29 is 9.53 Å². The first kappa shape index (κ1) is 9.97. The zero-order chi connectivity index (χ0) is 11.1. The highest BCUT2D eigenvalue weighted by atomic mass is 16.5. The lowest BCUT2D eigenvalue weighted by molar-refractivity contribution is -0.0594. The zero-order valence-corrected chi connectivity index (χ0v) is 8.78. The Morgan fingerprint density at radius 3 is 2.80 bits per heavy atom. The smallest absolute Gasteiger partial charge is 0.272 e. The van der Waals surface area contributed by atoms with Crippen LogP contribution in [0.2, 0.25) is 0 Å². The van der Waals surface area contributed by atoms with Crippen LogP contribution >= 0.6 is 0 Å². The SMILES string of the molecule is Cn1ncc(N)c1C(=O)NC1(C)COC1. The molecule has 82 valence electrons. The summed E-state index contributed by atoms with van der Waals surface area (Å²) >= 11 is 0. The monoisotopic (exact) mass is 210 g/mol. The van der Waals surface area contributed by atoms with Gasteiger partial charge in [-0.05, 0) is 6.92 Å². The van der Waals surface area contributed by atoms with E-state index in [1.165, 1.54) is 10.9 Å². The van der Waals surface area contributed by atoms with Crippen LogP contribution in [0.5, 0.6) is 0 Å². The first-order chi connectivity index (χ1) is 7.02. The maximum Gasteiger partial charge on any atom is 0.272 e. The number of nitrogens with one attached hydrogen (secondary N) is 1. The van der Waals surface area contributed by atoms with E-state index in [2.05, 4.69) is 10.4 Å². The number of hydrogen-bond acceptors (Lipinski definition) is 4. The van der Waals surface area contributed by atoms with E-state index >= 15 is 0 Å². The minimum atomic E-state index is -0.270. The Hall–Kier alpha value is -1.56. The maximum atomic E-state index is 11.8. The maximum absolute atomic E-state index is 11.8. The van der Waals surface area contributed by atoms with Gasteiger partial charge in [-0.3, -0.25) is 9.48 Å². The van der Waals surface area contributed by atoms with Crippen molar-refractivity contribution in [1.29, 1.82) is 0 Å². The zero-order valence-electron chi connectivity index (χ0n) is 8.78. The van der Waals surface area contributed by atoms with Crippen molar-refractivity contribution in [2.24, 2.45) is 7.05 Å². The van der Waals surface area contributed by atoms with Crippen LogP contribution in [0, 0.1) is 0 Å². The molecule has 0 saturated carbocycles. The number of rotatable bonds is 2. The molecule has 15 heavy (non-hydrogen) atoms. The van der Waals surface area contributed by atoms with E-state index in [4.69, 9.17) is 10.5 Å². The summed E-state index contributed by atoms with van der Waals surface area (Å²) in [5.74, 6) is -0.210. The van der Waals surface area contributed by atoms with Crippen molar-refractivity contribution in [3.05, 3.63) is 11.9 Å². The van der Waals surface area contributed by atoms with Crippen LogP contribution in [0.15, 0.2) is 6.20 Å². The molecule has 1 saturated heterocycles. The first-order valence-electron chi connectivity index (χ1n) is 4.69. The fraction of sp³-hybridized carbons (Fsp3) is 0.556. The molecule has 1 fully saturated rings. The molecule has 0 radical (unpaired) electrons. The summed E-state index contributed by atoms with van der Waals surface area (Å²) in [6, 6.07) is 0. The fourth-order valence-corrected chi connectivity index (χ4v) is 1.55. The molecule has 0 bridgehead atoms. The minimum absolute atomic E-state index is 0.210. The van der Waals surface area contributed by atoms with E-state index in [9.17, 15) is 4.79 Å². The summed E-state index contributed by atoms with van der Waals surface area (Å²) < 4.78 is 6.51. The topological polar surface area (TPSA) is 82.2 Å². The Bertz CT molecular complexity index is 375. The molecular formula is C9H14N4O2. The molecule has 0 aliphatic carbocycles. The van der Waals surface area contributed by atoms with Gasteiger partial charge >= 0.3 is 0 Å². The highest BCUT2D eigenvalue weighted by Gasteiger charge is 2.35. The molecule has 6 heteroatoms. The Morgan fingerprint density at radius 1 is 1.73 bits per heavy atom. The van der Waals surface area contributed by atoms with Crippen molar-refractivity contribution in [2.75, 3.05) is 18.9 Å². The van der Waals surface area contributed by atoms with Crippen molar-refractivity contribution in [3.63, 3.8) is 0 Å². The summed E-state index contributed by atoms with van der Waals surface area (Å²) in [5, 5.41) is 6.78. The lowest BCUT2D eigenvalue weighted by Crippen LogP contribution is -2.60. The van der Waals surface area contributed by atoms with E-state index in [1.807, 2.05) is 6.92 Å². The largest absolute Gasteiger partial charge is 0.396 e. The number of aromatic nitrogens is 2. The van der Waals surface area contributed by atoms with Crippen LogP contribution in [-0.2, 0) is 11.8 Å². The number of carbonyl (C=O) groups is 1. The lowest BCUT2D eigenvalue weighted by atomic mass is 10.0. The first-order valence-corrected chi connectivity index (χ1v) is 4.69. The Kier molecular flexibility index (Phi) is 2.15. The fourth-order valence-electron chi connectivity index (χ4n) is 1.55. The van der Waals surface area contributed by atoms with E-state index in [1.54, 1.807) is 7.05 Å². The quantitative estimate of drug-likeness (QED) is 0.690. The van der Waals surface area contributed by atoms with Crippen molar-refractivity contribution in [3.8, 4) is 0 Å². The van der Waals surface area contributed by atoms with Gasteiger partial charge in [-0.15, -0.1) is 0 Å². The average Bonchev–Trinajstić information content (AvgIpc) is 2.43. The summed E-state index contributed by atoms with van der Waals surface area (Å²) in [5.41, 5.74) is 6.15. The van der Waals surface area contributed by atoms with Gasteiger partial charge in [0.15, 0.2) is 0 Å². The molecule has 1 amide bonds. The van der Waals surface area contributed by atoms with Gasteiger partial charge < -0.3 is 15.8 Å². The molecule has 2 heterocycles. The van der Waals surface area contributed by atoms with Crippen LogP contribution in [0.3, 0.4) is 0 Å². The van der Waals surface area contributed by atoms with Crippen LogP contribution in [-0.4, -0.2) is 34.4 Å². The predicted octanol–water partition coefficient (Wildman–Crippen LogP) is -0.479. The standard InChI is InChI=1S/C9H14N4O2/c1-9(4-15-5-9)12-8(14)7-6(10)3-11-13(7)2/h3H,4-5,10H2,1-2H3,(H,12,14). The van der Waals surface area contributed by atoms with Gasteiger partial charge in [0.25, 0.3) is 5.91 Å². The average molecular weight is 210 g/mol. The normalized spacial score (nSPS) is 18.3. The third-order valence-corrected chi connectivity index (χ3v) is 2.44. The van der Waals surface area contributed by atoms with Crippen LogP contribution in [0.1, 0.15) is 17.4 Å². The second-order valence-corrected chi connectivity index (χ2v) is 4.08. The van der Waals surface area contributed by atoms with Gasteiger partial charge in [0.1, 0.15) is 5.69 Å². The number of nitrogens with two attached hydrogens (primary N) is 1. The number of hydrogen-bond donors (Lipinski definition) is 2. The third-order valence-electron chi connectivity index (χ3n) is 2.44. The number of carbonyl (C=O) groups excluding carboxylic acids is 1. The Labute approximate surface area is 87.4 Å². The molecule has 0 aromatic carbocycles. The van der Waals surface area contributed by atoms with Gasteiger partial charge in [0.2, 0.25) is 0 Å². The molecule has 1 aromatic heterocycles. The van der Waals surface area contributed by atoms with Gasteiger partial charge in [-0.1, -0.05) is 0 Å². The molecule has 0 spiro atoms. The molecule has 3 N–H and O–H groups in total. The molecule has 1 aliphatic heterocycles. The molecule has 1 aliphatic rings. The van der Waals surface area contributed by atoms with E-state index in [-0.39, 0.29) is 11.4 Å².